The number of hydrogen-bond acceptors (Lipinski definition) is 3. The van der Waals surface area contributed by atoms with E-state index in [9.17, 15) is 9.90 Å². The van der Waals surface area contributed by atoms with Gasteiger partial charge in [0, 0.05) is 13.1 Å². The summed E-state index contributed by atoms with van der Waals surface area (Å²) in [4.78, 5) is 12.2. The minimum absolute atomic E-state index is 0.131. The average Bonchev–Trinajstić information content (AvgIpc) is 2.46. The maximum atomic E-state index is 12.2. The zero-order chi connectivity index (χ0) is 14.3. The van der Waals surface area contributed by atoms with Gasteiger partial charge >= 0.3 is 0 Å². The maximum absolute atomic E-state index is 12.2. The van der Waals surface area contributed by atoms with Crippen LogP contribution in [0.1, 0.15) is 38.2 Å². The first-order valence-corrected chi connectivity index (χ1v) is 6.81. The second kappa shape index (κ2) is 7.26. The van der Waals surface area contributed by atoms with Crippen LogP contribution in [0.15, 0.2) is 30.3 Å². The van der Waals surface area contributed by atoms with E-state index in [1.165, 1.54) is 0 Å². The molecule has 0 aliphatic carbocycles. The SMILES string of the molecule is CCC(O)(CC)CNC(=O)C(CN)c1ccccc1. The van der Waals surface area contributed by atoms with Crippen LogP contribution in [0.2, 0.25) is 0 Å². The maximum Gasteiger partial charge on any atom is 0.228 e. The van der Waals surface area contributed by atoms with Crippen LogP contribution in [0, 0.1) is 0 Å². The zero-order valence-corrected chi connectivity index (χ0v) is 11.7. The Balaban J connectivity index is 2.66. The van der Waals surface area contributed by atoms with Gasteiger partial charge in [-0.1, -0.05) is 44.2 Å². The van der Waals surface area contributed by atoms with Crippen LogP contribution in [0.25, 0.3) is 0 Å². The first-order chi connectivity index (χ1) is 9.06. The molecule has 0 saturated heterocycles. The third kappa shape index (κ3) is 4.33. The molecule has 1 rings (SSSR count). The Morgan fingerprint density at radius 3 is 2.37 bits per heavy atom. The molecule has 1 amide bonds. The second-order valence-electron chi connectivity index (χ2n) is 4.85. The Morgan fingerprint density at radius 1 is 1.32 bits per heavy atom. The van der Waals surface area contributed by atoms with Crippen molar-refractivity contribution in [3.8, 4) is 0 Å². The Morgan fingerprint density at radius 2 is 1.89 bits per heavy atom. The summed E-state index contributed by atoms with van der Waals surface area (Å²) < 4.78 is 0. The van der Waals surface area contributed by atoms with E-state index >= 15 is 0 Å². The molecule has 0 aromatic heterocycles. The standard InChI is InChI=1S/C15H24N2O2/c1-3-15(19,4-2)11-17-14(18)13(10-16)12-8-6-5-7-9-12/h5-9,13,19H,3-4,10-11,16H2,1-2H3,(H,17,18). The molecule has 0 spiro atoms. The van der Waals surface area contributed by atoms with Gasteiger partial charge in [-0.15, -0.1) is 0 Å². The summed E-state index contributed by atoms with van der Waals surface area (Å²) in [6.45, 7) is 4.34. The lowest BCUT2D eigenvalue weighted by molar-refractivity contribution is -0.123. The van der Waals surface area contributed by atoms with Crippen molar-refractivity contribution < 1.29 is 9.90 Å². The van der Waals surface area contributed by atoms with Gasteiger partial charge in [0.05, 0.1) is 11.5 Å². The van der Waals surface area contributed by atoms with E-state index in [1.54, 1.807) is 0 Å². The van der Waals surface area contributed by atoms with E-state index < -0.39 is 5.60 Å². The molecule has 4 nitrogen and oxygen atoms in total. The highest BCUT2D eigenvalue weighted by Crippen LogP contribution is 2.16. The number of amides is 1. The first kappa shape index (κ1) is 15.7. The van der Waals surface area contributed by atoms with E-state index in [2.05, 4.69) is 5.32 Å². The Kier molecular flexibility index (Phi) is 5.99. The summed E-state index contributed by atoms with van der Waals surface area (Å²) in [5.41, 5.74) is 5.76. The lowest BCUT2D eigenvalue weighted by atomic mass is 9.95. The molecule has 0 radical (unpaired) electrons. The van der Waals surface area contributed by atoms with Crippen LogP contribution < -0.4 is 11.1 Å². The van der Waals surface area contributed by atoms with Crippen molar-refractivity contribution in [1.29, 1.82) is 0 Å². The summed E-state index contributed by atoms with van der Waals surface area (Å²) in [7, 11) is 0. The van der Waals surface area contributed by atoms with Gasteiger partial charge in [0.1, 0.15) is 0 Å². The highest BCUT2D eigenvalue weighted by atomic mass is 16.3. The molecule has 4 heteroatoms. The number of benzene rings is 1. The number of carbonyl (C=O) groups is 1. The molecule has 0 heterocycles. The Labute approximate surface area is 115 Å². The molecular weight excluding hydrogens is 240 g/mol. The summed E-state index contributed by atoms with van der Waals surface area (Å²) in [5.74, 6) is -0.492. The first-order valence-electron chi connectivity index (χ1n) is 6.81. The van der Waals surface area contributed by atoms with Gasteiger partial charge in [-0.25, -0.2) is 0 Å². The van der Waals surface area contributed by atoms with E-state index in [-0.39, 0.29) is 24.9 Å². The molecule has 1 atom stereocenters. The normalized spacial score (nSPS) is 13.1. The van der Waals surface area contributed by atoms with Crippen LogP contribution in [0.3, 0.4) is 0 Å². The van der Waals surface area contributed by atoms with Crippen molar-refractivity contribution in [3.63, 3.8) is 0 Å². The van der Waals surface area contributed by atoms with Crippen LogP contribution in [0.5, 0.6) is 0 Å². The van der Waals surface area contributed by atoms with E-state index in [4.69, 9.17) is 5.73 Å². The lowest BCUT2D eigenvalue weighted by Crippen LogP contribution is -2.44. The summed E-state index contributed by atoms with van der Waals surface area (Å²) in [5, 5.41) is 13.0. The second-order valence-corrected chi connectivity index (χ2v) is 4.85. The summed E-state index contributed by atoms with van der Waals surface area (Å²) >= 11 is 0. The number of nitrogens with one attached hydrogen (secondary N) is 1. The van der Waals surface area contributed by atoms with E-state index in [0.29, 0.717) is 12.8 Å². The van der Waals surface area contributed by atoms with Crippen LogP contribution in [-0.4, -0.2) is 29.7 Å². The van der Waals surface area contributed by atoms with Gasteiger partial charge in [0.15, 0.2) is 0 Å². The largest absolute Gasteiger partial charge is 0.388 e. The van der Waals surface area contributed by atoms with Crippen molar-refractivity contribution in [2.75, 3.05) is 13.1 Å². The smallest absolute Gasteiger partial charge is 0.228 e. The summed E-state index contributed by atoms with van der Waals surface area (Å²) in [6.07, 6.45) is 1.23. The van der Waals surface area contributed by atoms with Crippen molar-refractivity contribution in [3.05, 3.63) is 35.9 Å². The van der Waals surface area contributed by atoms with Crippen molar-refractivity contribution in [2.45, 2.75) is 38.2 Å². The molecule has 0 aliphatic heterocycles. The number of rotatable bonds is 7. The molecule has 4 N–H and O–H groups in total. The van der Waals surface area contributed by atoms with Gasteiger partial charge in [-0.2, -0.15) is 0 Å². The number of nitrogens with two attached hydrogens (primary N) is 1. The van der Waals surface area contributed by atoms with Crippen molar-refractivity contribution in [1.82, 2.24) is 5.32 Å². The predicted octanol–water partition coefficient (Wildman–Crippen LogP) is 1.40. The number of carbonyl (C=O) groups excluding carboxylic acids is 1. The van der Waals surface area contributed by atoms with Gasteiger partial charge < -0.3 is 16.2 Å². The molecule has 106 valence electrons. The molecule has 0 saturated carbocycles. The zero-order valence-electron chi connectivity index (χ0n) is 11.7. The molecule has 1 aromatic rings. The van der Waals surface area contributed by atoms with Crippen LogP contribution in [0.4, 0.5) is 0 Å². The monoisotopic (exact) mass is 264 g/mol. The molecule has 19 heavy (non-hydrogen) atoms. The quantitative estimate of drug-likeness (QED) is 0.696. The molecular formula is C15H24N2O2. The number of hydrogen-bond donors (Lipinski definition) is 3. The molecule has 0 bridgehead atoms. The third-order valence-corrected chi connectivity index (χ3v) is 3.66. The fourth-order valence-corrected chi connectivity index (χ4v) is 1.95. The Bertz CT molecular complexity index is 388. The molecule has 1 unspecified atom stereocenters. The van der Waals surface area contributed by atoms with Gasteiger partial charge in [-0.3, -0.25) is 4.79 Å². The van der Waals surface area contributed by atoms with Crippen molar-refractivity contribution >= 4 is 5.91 Å². The average molecular weight is 264 g/mol. The van der Waals surface area contributed by atoms with Gasteiger partial charge in [0.2, 0.25) is 5.91 Å². The van der Waals surface area contributed by atoms with E-state index in [0.717, 1.165) is 5.56 Å². The predicted molar refractivity (Wildman–Crippen MR) is 76.8 cm³/mol. The van der Waals surface area contributed by atoms with Crippen molar-refractivity contribution in [2.24, 2.45) is 5.73 Å². The highest BCUT2D eigenvalue weighted by molar-refractivity contribution is 5.83. The van der Waals surface area contributed by atoms with Gasteiger partial charge in [0.25, 0.3) is 0 Å². The topological polar surface area (TPSA) is 75.3 Å². The lowest BCUT2D eigenvalue weighted by Gasteiger charge is -2.26. The third-order valence-electron chi connectivity index (χ3n) is 3.66. The molecule has 1 aromatic carbocycles. The fourth-order valence-electron chi connectivity index (χ4n) is 1.95. The van der Waals surface area contributed by atoms with Crippen LogP contribution in [-0.2, 0) is 4.79 Å². The Hall–Kier alpha value is -1.39. The van der Waals surface area contributed by atoms with E-state index in [1.807, 2.05) is 44.2 Å². The fraction of sp³-hybridized carbons (Fsp3) is 0.533. The minimum atomic E-state index is -0.828. The van der Waals surface area contributed by atoms with Crippen LogP contribution >= 0.6 is 0 Å². The summed E-state index contributed by atoms with van der Waals surface area (Å²) in [6, 6.07) is 9.47. The highest BCUT2D eigenvalue weighted by Gasteiger charge is 2.25. The van der Waals surface area contributed by atoms with Gasteiger partial charge in [-0.05, 0) is 18.4 Å². The number of aliphatic hydroxyl groups is 1. The molecule has 0 aliphatic rings. The minimum Gasteiger partial charge on any atom is -0.388 e. The molecule has 0 fully saturated rings.